The number of carbonyl (C=O) groups is 1. The van der Waals surface area contributed by atoms with Crippen LogP contribution >= 0.6 is 7.82 Å². The van der Waals surface area contributed by atoms with Gasteiger partial charge in [-0.25, -0.2) is 9.36 Å². The Morgan fingerprint density at radius 1 is 1.09 bits per heavy atom. The molecule has 5 N–H and O–H groups in total. The van der Waals surface area contributed by atoms with Crippen molar-refractivity contribution in [2.75, 3.05) is 0 Å². The van der Waals surface area contributed by atoms with Crippen molar-refractivity contribution in [3.63, 3.8) is 0 Å². The van der Waals surface area contributed by atoms with Crippen molar-refractivity contribution >= 4 is 134 Å². The van der Waals surface area contributed by atoms with Crippen LogP contribution in [0.5, 0.6) is 0 Å². The van der Waals surface area contributed by atoms with E-state index in [0.717, 1.165) is 0 Å². The first-order valence-corrected chi connectivity index (χ1v) is 3.00. The molecule has 0 amide bonds. The zero-order valence-corrected chi connectivity index (χ0v) is 4.89. The van der Waals surface area contributed by atoms with Crippen molar-refractivity contribution in [2.45, 2.75) is 0 Å². The first kappa shape index (κ1) is 23.7. The topological polar surface area (TPSA) is 135 Å². The van der Waals surface area contributed by atoms with Crippen LogP contribution in [0.15, 0.2) is 0 Å². The molecular weight excluding hydrogens is 327 g/mol. The van der Waals surface area contributed by atoms with Crippen molar-refractivity contribution in [3.05, 3.63) is 0 Å². The predicted octanol–water partition coefficient (Wildman–Crippen LogP) is -2.00. The van der Waals surface area contributed by atoms with Crippen LogP contribution in [0.1, 0.15) is 0 Å². The maximum atomic E-state index is 8.88. The average Bonchev–Trinajstić information content (AvgIpc) is 1.19. The van der Waals surface area contributed by atoms with Gasteiger partial charge in [0.05, 0.1) is 0 Å². The summed E-state index contributed by atoms with van der Waals surface area (Å²) in [6.45, 7) is 0. The van der Waals surface area contributed by atoms with Crippen LogP contribution in [-0.2, 0) is 4.57 Å². The molecule has 0 aromatic rings. The second kappa shape index (κ2) is 13.1. The van der Waals surface area contributed by atoms with E-state index in [9.17, 15) is 0 Å². The molecule has 0 bridgehead atoms. The molecule has 0 aromatic carbocycles. The molecule has 0 saturated heterocycles. The van der Waals surface area contributed by atoms with Crippen LogP contribution in [0, 0.1) is 0 Å². The van der Waals surface area contributed by atoms with Crippen molar-refractivity contribution in [1.29, 1.82) is 0 Å². The molecule has 0 unspecified atom stereocenters. The summed E-state index contributed by atoms with van der Waals surface area (Å²) in [7, 11) is -4.64. The van der Waals surface area contributed by atoms with E-state index in [0.29, 0.717) is 0 Å². The third-order valence-electron chi connectivity index (χ3n) is 0. The molecule has 0 aliphatic carbocycles. The predicted molar refractivity (Wildman–Crippen MR) is 39.2 cm³/mol. The maximum absolute atomic E-state index is 8.88. The Balaban J connectivity index is -0.0000000383. The summed E-state index contributed by atoms with van der Waals surface area (Å²) in [5, 5.41) is 13.9. The number of hydrogen-bond donors (Lipinski definition) is 5. The van der Waals surface area contributed by atoms with Gasteiger partial charge in [-0.15, -0.1) is 0 Å². The van der Waals surface area contributed by atoms with Gasteiger partial charge in [0.1, 0.15) is 0 Å². The van der Waals surface area contributed by atoms with Gasteiger partial charge in [0.2, 0.25) is 0 Å². The summed E-state index contributed by atoms with van der Waals surface area (Å²) in [5.74, 6) is 0. The number of hydrogen-bond acceptors (Lipinski definition) is 2. The second-order valence-electron chi connectivity index (χ2n) is 0.796. The van der Waals surface area contributed by atoms with Crippen LogP contribution in [-0.4, -0.2) is 151 Å². The molecule has 0 fully saturated rings. The average molecular weight is 334 g/mol. The van der Waals surface area contributed by atoms with E-state index in [1.807, 2.05) is 0 Å². The van der Waals surface area contributed by atoms with Gasteiger partial charge >= 0.3 is 134 Å². The molecule has 0 radical (unpaired) electrons. The van der Waals surface area contributed by atoms with Crippen LogP contribution in [0.4, 0.5) is 4.79 Å². The van der Waals surface area contributed by atoms with Crippen LogP contribution in [0.25, 0.3) is 0 Å². The van der Waals surface area contributed by atoms with Crippen molar-refractivity contribution in [3.8, 4) is 0 Å². The van der Waals surface area contributed by atoms with Crippen LogP contribution in [0.2, 0.25) is 0 Å². The van der Waals surface area contributed by atoms with E-state index in [1.165, 1.54) is 0 Å². The molecule has 7 nitrogen and oxygen atoms in total. The first-order valence-electron chi connectivity index (χ1n) is 1.43. The quantitative estimate of drug-likeness (QED) is 0.255. The van der Waals surface area contributed by atoms with Gasteiger partial charge in [0, 0.05) is 0 Å². The molecule has 60 valence electrons. The van der Waals surface area contributed by atoms with E-state index in [4.69, 9.17) is 34.3 Å². The van der Waals surface area contributed by atoms with E-state index in [2.05, 4.69) is 0 Å². The standard InChI is InChI=1S/CH2O3.Cs.K.H3O4P.2H/c2-1(3)4;;;1-5(2,3)4;;/h(H2,2,3,4);;;(H3,1,2,3,4);;. The van der Waals surface area contributed by atoms with Crippen molar-refractivity contribution < 1.29 is 34.3 Å². The Morgan fingerprint density at radius 3 is 1.09 bits per heavy atom. The van der Waals surface area contributed by atoms with E-state index >= 15 is 0 Å². The molecule has 0 aromatic heterocycles. The zero-order valence-electron chi connectivity index (χ0n) is 4.00. The molecule has 11 heavy (non-hydrogen) atoms. The summed E-state index contributed by atoms with van der Waals surface area (Å²) in [6.07, 6.45) is -1.83. The zero-order chi connectivity index (χ0) is 8.08. The second-order valence-corrected chi connectivity index (χ2v) is 1.82. The third kappa shape index (κ3) is 170. The molecule has 0 aliphatic heterocycles. The minimum absolute atomic E-state index is 0. The van der Waals surface area contributed by atoms with E-state index in [1.54, 1.807) is 0 Å². The Bertz CT molecular complexity index is 118. The van der Waals surface area contributed by atoms with Crippen molar-refractivity contribution in [2.24, 2.45) is 0 Å². The summed E-state index contributed by atoms with van der Waals surface area (Å²) >= 11 is 0. The monoisotopic (exact) mass is 334 g/mol. The third-order valence-corrected chi connectivity index (χ3v) is 0. The fourth-order valence-corrected chi connectivity index (χ4v) is 0. The SMILES string of the molecule is O=C(O)O.O=P(O)(O)O.[CsH].[KH]. The van der Waals surface area contributed by atoms with Crippen LogP contribution in [0.3, 0.4) is 0 Å². The Labute approximate surface area is 164 Å². The molecular formula is CH7CsKO7P. The number of phosphoric acid groups is 1. The molecule has 0 aliphatic rings. The van der Waals surface area contributed by atoms with E-state index < -0.39 is 14.0 Å². The Hall–Kier alpha value is 3.07. The van der Waals surface area contributed by atoms with Gasteiger partial charge < -0.3 is 24.9 Å². The summed E-state index contributed by atoms with van der Waals surface area (Å²) in [4.78, 5) is 30.1. The van der Waals surface area contributed by atoms with Gasteiger partial charge in [-0.2, -0.15) is 0 Å². The number of rotatable bonds is 0. The summed E-state index contributed by atoms with van der Waals surface area (Å²) < 4.78 is 8.88. The first-order chi connectivity index (χ1) is 3.73. The summed E-state index contributed by atoms with van der Waals surface area (Å²) in [5.41, 5.74) is 0. The fraction of sp³-hybridized carbons (Fsp3) is 0. The molecule has 0 rings (SSSR count). The van der Waals surface area contributed by atoms with Gasteiger partial charge in [0.25, 0.3) is 0 Å². The number of carboxylic acid groups (broad SMARTS) is 2. The minimum atomic E-state index is -4.64. The molecule has 0 heterocycles. The summed E-state index contributed by atoms with van der Waals surface area (Å²) in [6, 6.07) is 0. The molecule has 0 spiro atoms. The van der Waals surface area contributed by atoms with Gasteiger partial charge in [-0.3, -0.25) is 0 Å². The van der Waals surface area contributed by atoms with Crippen LogP contribution < -0.4 is 0 Å². The van der Waals surface area contributed by atoms with Gasteiger partial charge in [0.15, 0.2) is 0 Å². The Morgan fingerprint density at radius 2 is 1.09 bits per heavy atom. The molecule has 10 heteroatoms. The normalized spacial score (nSPS) is 7.55. The Kier molecular flexibility index (Phi) is 28.2. The van der Waals surface area contributed by atoms with Gasteiger partial charge in [-0.05, 0) is 0 Å². The fourth-order valence-electron chi connectivity index (χ4n) is 0. The van der Waals surface area contributed by atoms with E-state index in [-0.39, 0.29) is 120 Å². The molecule has 0 saturated carbocycles. The van der Waals surface area contributed by atoms with Crippen molar-refractivity contribution in [1.82, 2.24) is 0 Å². The molecule has 0 atom stereocenters. The van der Waals surface area contributed by atoms with Gasteiger partial charge in [-0.1, -0.05) is 0 Å².